The lowest BCUT2D eigenvalue weighted by Gasteiger charge is -2.37. The summed E-state index contributed by atoms with van der Waals surface area (Å²) >= 11 is 0. The van der Waals surface area contributed by atoms with Gasteiger partial charge in [0.25, 0.3) is 0 Å². The summed E-state index contributed by atoms with van der Waals surface area (Å²) in [5, 5.41) is 0. The molecule has 3 nitrogen and oxygen atoms in total. The Bertz CT molecular complexity index is 372. The molecule has 1 aliphatic rings. The summed E-state index contributed by atoms with van der Waals surface area (Å²) in [7, 11) is 0. The summed E-state index contributed by atoms with van der Waals surface area (Å²) in [6.07, 6.45) is 5.80. The number of hydrogen-bond acceptors (Lipinski definition) is 3. The number of ether oxygens (including phenoxy) is 1. The van der Waals surface area contributed by atoms with E-state index in [1.807, 2.05) is 19.1 Å². The van der Waals surface area contributed by atoms with Crippen molar-refractivity contribution in [2.45, 2.75) is 51.6 Å². The van der Waals surface area contributed by atoms with Crippen LogP contribution in [0.1, 0.15) is 45.3 Å². The Kier molecular flexibility index (Phi) is 4.23. The summed E-state index contributed by atoms with van der Waals surface area (Å²) in [4.78, 5) is 12.5. The summed E-state index contributed by atoms with van der Waals surface area (Å²) in [5.41, 5.74) is -0.561. The SMILES string of the molecule is CCOC1(C(=O)Cc2ccco2)CCC(C)CC1. The van der Waals surface area contributed by atoms with Crippen molar-refractivity contribution in [2.24, 2.45) is 5.92 Å². The molecule has 0 spiro atoms. The van der Waals surface area contributed by atoms with Gasteiger partial charge in [0.15, 0.2) is 5.78 Å². The van der Waals surface area contributed by atoms with E-state index in [9.17, 15) is 4.79 Å². The fourth-order valence-electron chi connectivity index (χ4n) is 2.74. The third-order valence-electron chi connectivity index (χ3n) is 3.93. The first-order chi connectivity index (χ1) is 8.66. The highest BCUT2D eigenvalue weighted by atomic mass is 16.5. The molecule has 0 radical (unpaired) electrons. The zero-order valence-electron chi connectivity index (χ0n) is 11.3. The molecule has 1 aliphatic carbocycles. The molecular weight excluding hydrogens is 228 g/mol. The lowest BCUT2D eigenvalue weighted by atomic mass is 9.76. The van der Waals surface area contributed by atoms with Crippen molar-refractivity contribution < 1.29 is 13.9 Å². The van der Waals surface area contributed by atoms with Gasteiger partial charge in [0, 0.05) is 6.61 Å². The first-order valence-corrected chi connectivity index (χ1v) is 6.86. The maximum atomic E-state index is 12.5. The Morgan fingerprint density at radius 2 is 2.22 bits per heavy atom. The highest BCUT2D eigenvalue weighted by molar-refractivity contribution is 5.89. The van der Waals surface area contributed by atoms with E-state index in [0.717, 1.165) is 31.4 Å². The number of carbonyl (C=O) groups excluding carboxylic acids is 1. The molecule has 1 aromatic rings. The predicted octanol–water partition coefficient (Wildman–Crippen LogP) is 3.38. The second-order valence-corrected chi connectivity index (χ2v) is 5.29. The van der Waals surface area contributed by atoms with E-state index >= 15 is 0 Å². The van der Waals surface area contributed by atoms with Crippen LogP contribution in [0.2, 0.25) is 0 Å². The largest absolute Gasteiger partial charge is 0.469 e. The molecule has 2 rings (SSSR count). The van der Waals surface area contributed by atoms with Gasteiger partial charge in [-0.1, -0.05) is 6.92 Å². The van der Waals surface area contributed by atoms with Crippen molar-refractivity contribution in [1.29, 1.82) is 0 Å². The van der Waals surface area contributed by atoms with E-state index < -0.39 is 5.60 Å². The molecule has 1 aromatic heterocycles. The van der Waals surface area contributed by atoms with Crippen molar-refractivity contribution in [3.05, 3.63) is 24.2 Å². The minimum absolute atomic E-state index is 0.172. The number of ketones is 1. The van der Waals surface area contributed by atoms with Gasteiger partial charge in [-0.3, -0.25) is 4.79 Å². The fraction of sp³-hybridized carbons (Fsp3) is 0.667. The van der Waals surface area contributed by atoms with Gasteiger partial charge in [-0.25, -0.2) is 0 Å². The van der Waals surface area contributed by atoms with Gasteiger partial charge in [0.05, 0.1) is 12.7 Å². The average Bonchev–Trinajstić information content (AvgIpc) is 2.85. The zero-order valence-corrected chi connectivity index (χ0v) is 11.3. The number of furan rings is 1. The van der Waals surface area contributed by atoms with Gasteiger partial charge in [0.1, 0.15) is 11.4 Å². The zero-order chi connectivity index (χ0) is 13.0. The number of rotatable bonds is 5. The van der Waals surface area contributed by atoms with Gasteiger partial charge in [-0.2, -0.15) is 0 Å². The van der Waals surface area contributed by atoms with Crippen molar-refractivity contribution in [1.82, 2.24) is 0 Å². The monoisotopic (exact) mass is 250 g/mol. The number of carbonyl (C=O) groups is 1. The topological polar surface area (TPSA) is 39.4 Å². The van der Waals surface area contributed by atoms with Crippen LogP contribution in [0.5, 0.6) is 0 Å². The molecule has 0 aliphatic heterocycles. The standard InChI is InChI=1S/C15H22O3/c1-3-18-15(8-6-12(2)7-9-15)14(16)11-13-5-4-10-17-13/h4-5,10,12H,3,6-9,11H2,1-2H3. The Balaban J connectivity index is 2.06. The van der Waals surface area contributed by atoms with Gasteiger partial charge >= 0.3 is 0 Å². The van der Waals surface area contributed by atoms with Crippen LogP contribution in [0, 0.1) is 5.92 Å². The van der Waals surface area contributed by atoms with E-state index in [1.165, 1.54) is 0 Å². The molecule has 0 aromatic carbocycles. The Hall–Kier alpha value is -1.09. The van der Waals surface area contributed by atoms with E-state index in [4.69, 9.17) is 9.15 Å². The summed E-state index contributed by atoms with van der Waals surface area (Å²) in [6.45, 7) is 4.80. The fourth-order valence-corrected chi connectivity index (χ4v) is 2.74. The third-order valence-corrected chi connectivity index (χ3v) is 3.93. The first-order valence-electron chi connectivity index (χ1n) is 6.86. The smallest absolute Gasteiger partial charge is 0.172 e. The normalized spacial score (nSPS) is 28.2. The molecule has 0 saturated heterocycles. The summed E-state index contributed by atoms with van der Waals surface area (Å²) in [6, 6.07) is 3.67. The second kappa shape index (κ2) is 5.70. The Labute approximate surface area is 109 Å². The van der Waals surface area contributed by atoms with Crippen LogP contribution in [0.3, 0.4) is 0 Å². The lowest BCUT2D eigenvalue weighted by Crippen LogP contribution is -2.45. The van der Waals surface area contributed by atoms with Crippen LogP contribution in [-0.2, 0) is 16.0 Å². The van der Waals surface area contributed by atoms with Gasteiger partial charge in [0.2, 0.25) is 0 Å². The Morgan fingerprint density at radius 1 is 1.50 bits per heavy atom. The van der Waals surface area contributed by atoms with Crippen molar-refractivity contribution in [2.75, 3.05) is 6.61 Å². The minimum Gasteiger partial charge on any atom is -0.469 e. The third kappa shape index (κ3) is 2.83. The minimum atomic E-state index is -0.561. The molecule has 0 unspecified atom stereocenters. The van der Waals surface area contributed by atoms with Crippen LogP contribution in [-0.4, -0.2) is 18.0 Å². The molecular formula is C15H22O3. The van der Waals surface area contributed by atoms with Gasteiger partial charge in [-0.15, -0.1) is 0 Å². The van der Waals surface area contributed by atoms with Crippen LogP contribution in [0.4, 0.5) is 0 Å². The second-order valence-electron chi connectivity index (χ2n) is 5.29. The molecule has 0 bridgehead atoms. The van der Waals surface area contributed by atoms with Crippen molar-refractivity contribution in [3.63, 3.8) is 0 Å². The van der Waals surface area contributed by atoms with Gasteiger partial charge < -0.3 is 9.15 Å². The molecule has 0 atom stereocenters. The maximum absolute atomic E-state index is 12.5. The van der Waals surface area contributed by atoms with E-state index in [-0.39, 0.29) is 5.78 Å². The molecule has 1 saturated carbocycles. The summed E-state index contributed by atoms with van der Waals surface area (Å²) in [5.74, 6) is 1.61. The van der Waals surface area contributed by atoms with E-state index in [0.29, 0.717) is 18.9 Å². The molecule has 0 N–H and O–H groups in total. The molecule has 1 heterocycles. The molecule has 100 valence electrons. The van der Waals surface area contributed by atoms with Crippen LogP contribution < -0.4 is 0 Å². The van der Waals surface area contributed by atoms with E-state index in [2.05, 4.69) is 6.92 Å². The summed E-state index contributed by atoms with van der Waals surface area (Å²) < 4.78 is 11.1. The number of hydrogen-bond donors (Lipinski definition) is 0. The van der Waals surface area contributed by atoms with Crippen LogP contribution >= 0.6 is 0 Å². The molecule has 3 heteroatoms. The Morgan fingerprint density at radius 3 is 2.78 bits per heavy atom. The molecule has 0 amide bonds. The molecule has 18 heavy (non-hydrogen) atoms. The van der Waals surface area contributed by atoms with Crippen molar-refractivity contribution in [3.8, 4) is 0 Å². The number of Topliss-reactive ketones (excluding diaryl/α,β-unsaturated/α-hetero) is 1. The predicted molar refractivity (Wildman–Crippen MR) is 69.4 cm³/mol. The maximum Gasteiger partial charge on any atom is 0.172 e. The highest BCUT2D eigenvalue weighted by Gasteiger charge is 2.41. The lowest BCUT2D eigenvalue weighted by molar-refractivity contribution is -0.149. The average molecular weight is 250 g/mol. The van der Waals surface area contributed by atoms with Crippen LogP contribution in [0.25, 0.3) is 0 Å². The highest BCUT2D eigenvalue weighted by Crippen LogP contribution is 2.36. The quantitative estimate of drug-likeness (QED) is 0.804. The molecule has 1 fully saturated rings. The van der Waals surface area contributed by atoms with Crippen molar-refractivity contribution >= 4 is 5.78 Å². The van der Waals surface area contributed by atoms with Crippen LogP contribution in [0.15, 0.2) is 22.8 Å². The first kappa shape index (κ1) is 13.3. The van der Waals surface area contributed by atoms with Gasteiger partial charge in [-0.05, 0) is 50.7 Å². The van der Waals surface area contributed by atoms with E-state index in [1.54, 1.807) is 6.26 Å².